The van der Waals surface area contributed by atoms with Crippen molar-refractivity contribution in [1.82, 2.24) is 9.47 Å². The minimum atomic E-state index is -0.987. The first-order valence-electron chi connectivity index (χ1n) is 10.4. The van der Waals surface area contributed by atoms with E-state index in [1.807, 2.05) is 17.6 Å². The minimum Gasteiger partial charge on any atom is -0.507 e. The number of rotatable bonds is 5. The van der Waals surface area contributed by atoms with E-state index in [1.165, 1.54) is 5.56 Å². The minimum absolute atomic E-state index is 0.141. The molecule has 0 aliphatic carbocycles. The number of aromatic hydroxyl groups is 1. The Hall–Kier alpha value is -3.05. The van der Waals surface area contributed by atoms with Crippen LogP contribution in [0.1, 0.15) is 47.3 Å². The molecule has 0 amide bonds. The van der Waals surface area contributed by atoms with Gasteiger partial charge in [-0.1, -0.05) is 35.9 Å². The van der Waals surface area contributed by atoms with Gasteiger partial charge >= 0.3 is 5.97 Å². The predicted molar refractivity (Wildman–Crippen MR) is 120 cm³/mol. The first kappa shape index (κ1) is 20.2. The Bertz CT molecular complexity index is 1120. The van der Waals surface area contributed by atoms with E-state index in [9.17, 15) is 15.0 Å². The van der Waals surface area contributed by atoms with Crippen molar-refractivity contribution < 1.29 is 15.0 Å². The van der Waals surface area contributed by atoms with Crippen molar-refractivity contribution >= 4 is 22.4 Å². The number of hydrogen-bond acceptors (Lipinski definition) is 3. The van der Waals surface area contributed by atoms with E-state index in [4.69, 9.17) is 0 Å². The summed E-state index contributed by atoms with van der Waals surface area (Å²) in [6.45, 7) is 8.81. The van der Waals surface area contributed by atoms with E-state index >= 15 is 0 Å². The molecule has 0 fully saturated rings. The van der Waals surface area contributed by atoms with Crippen LogP contribution in [0.3, 0.4) is 0 Å². The highest BCUT2D eigenvalue weighted by atomic mass is 16.4. The van der Waals surface area contributed by atoms with E-state index in [-0.39, 0.29) is 11.3 Å². The van der Waals surface area contributed by atoms with Crippen LogP contribution in [-0.2, 0) is 6.54 Å². The van der Waals surface area contributed by atoms with Crippen LogP contribution >= 0.6 is 0 Å². The third-order valence-electron chi connectivity index (χ3n) is 6.02. The van der Waals surface area contributed by atoms with Gasteiger partial charge in [0.2, 0.25) is 0 Å². The Balaban J connectivity index is 1.78. The monoisotopic (exact) mass is 404 g/mol. The van der Waals surface area contributed by atoms with Crippen molar-refractivity contribution in [1.29, 1.82) is 0 Å². The van der Waals surface area contributed by atoms with Crippen LogP contribution in [-0.4, -0.2) is 44.8 Å². The maximum absolute atomic E-state index is 11.8. The van der Waals surface area contributed by atoms with Crippen LogP contribution in [0.25, 0.3) is 16.5 Å². The van der Waals surface area contributed by atoms with E-state index in [0.717, 1.165) is 41.7 Å². The highest BCUT2D eigenvalue weighted by Gasteiger charge is 2.21. The molecule has 5 heteroatoms. The number of phenolic OH excluding ortho intramolecular Hbond substituents is 1. The van der Waals surface area contributed by atoms with Gasteiger partial charge in [-0.15, -0.1) is 0 Å². The molecule has 2 heterocycles. The number of fused-ring (bicyclic) bond motifs is 1. The SMILES string of the molecule is Cc1ccc(Cn2cc(C(=O)O)c3cc(O)c(C4=CCN(C(C)C)CC4)cc32)cc1. The van der Waals surface area contributed by atoms with E-state index in [2.05, 4.69) is 49.1 Å². The van der Waals surface area contributed by atoms with Crippen molar-refractivity contribution in [2.45, 2.75) is 39.8 Å². The van der Waals surface area contributed by atoms with Crippen LogP contribution < -0.4 is 0 Å². The lowest BCUT2D eigenvalue weighted by Gasteiger charge is -2.30. The molecule has 1 aliphatic rings. The van der Waals surface area contributed by atoms with Gasteiger partial charge in [-0.3, -0.25) is 4.90 Å². The highest BCUT2D eigenvalue weighted by molar-refractivity contribution is 6.05. The second-order valence-corrected chi connectivity index (χ2v) is 8.42. The molecule has 0 saturated heterocycles. The molecule has 0 radical (unpaired) electrons. The highest BCUT2D eigenvalue weighted by Crippen LogP contribution is 2.36. The molecule has 0 unspecified atom stereocenters. The fourth-order valence-corrected chi connectivity index (χ4v) is 4.17. The predicted octanol–water partition coefficient (Wildman–Crippen LogP) is 4.90. The van der Waals surface area contributed by atoms with Gasteiger partial charge < -0.3 is 14.8 Å². The number of benzene rings is 2. The topological polar surface area (TPSA) is 65.7 Å². The van der Waals surface area contributed by atoms with Crippen molar-refractivity contribution in [2.75, 3.05) is 13.1 Å². The molecule has 1 aliphatic heterocycles. The second-order valence-electron chi connectivity index (χ2n) is 8.42. The third-order valence-corrected chi connectivity index (χ3v) is 6.02. The molecule has 1 aromatic heterocycles. The Morgan fingerprint density at radius 1 is 1.17 bits per heavy atom. The molecule has 5 nitrogen and oxygen atoms in total. The number of aryl methyl sites for hydroxylation is 1. The van der Waals surface area contributed by atoms with Gasteiger partial charge in [0.05, 0.1) is 11.1 Å². The zero-order chi connectivity index (χ0) is 21.4. The fraction of sp³-hybridized carbons (Fsp3) is 0.320. The normalized spacial score (nSPS) is 15.0. The molecule has 0 atom stereocenters. The molecule has 0 bridgehead atoms. The van der Waals surface area contributed by atoms with E-state index in [1.54, 1.807) is 12.3 Å². The Labute approximate surface area is 176 Å². The zero-order valence-corrected chi connectivity index (χ0v) is 17.7. The van der Waals surface area contributed by atoms with Crippen molar-refractivity contribution in [3.8, 4) is 5.75 Å². The Morgan fingerprint density at radius 3 is 2.50 bits per heavy atom. The molecular formula is C25H28N2O3. The number of aromatic nitrogens is 1. The van der Waals surface area contributed by atoms with Gasteiger partial charge in [0, 0.05) is 42.8 Å². The summed E-state index contributed by atoms with van der Waals surface area (Å²) in [6.07, 6.45) is 4.71. The number of phenols is 1. The van der Waals surface area contributed by atoms with Crippen LogP contribution in [0.2, 0.25) is 0 Å². The molecule has 0 spiro atoms. The number of hydrogen-bond donors (Lipinski definition) is 2. The zero-order valence-electron chi connectivity index (χ0n) is 17.7. The maximum atomic E-state index is 11.8. The molecule has 0 saturated carbocycles. The summed E-state index contributed by atoms with van der Waals surface area (Å²) < 4.78 is 1.97. The van der Waals surface area contributed by atoms with Gasteiger partial charge in [-0.25, -0.2) is 4.79 Å². The largest absolute Gasteiger partial charge is 0.507 e. The lowest BCUT2D eigenvalue weighted by Crippen LogP contribution is -2.34. The maximum Gasteiger partial charge on any atom is 0.337 e. The van der Waals surface area contributed by atoms with Crippen LogP contribution in [0, 0.1) is 6.92 Å². The molecule has 2 aromatic carbocycles. The number of nitrogens with zero attached hydrogens (tertiary/aromatic N) is 2. The van der Waals surface area contributed by atoms with E-state index < -0.39 is 5.97 Å². The van der Waals surface area contributed by atoms with Crippen LogP contribution in [0.15, 0.2) is 48.7 Å². The summed E-state index contributed by atoms with van der Waals surface area (Å²) in [4.78, 5) is 14.2. The second kappa shape index (κ2) is 8.00. The average Bonchev–Trinajstić information content (AvgIpc) is 3.06. The summed E-state index contributed by atoms with van der Waals surface area (Å²) in [7, 11) is 0. The fourth-order valence-electron chi connectivity index (χ4n) is 4.17. The summed E-state index contributed by atoms with van der Waals surface area (Å²) in [5.41, 5.74) is 5.25. The molecular weight excluding hydrogens is 376 g/mol. The Morgan fingerprint density at radius 2 is 1.90 bits per heavy atom. The lowest BCUT2D eigenvalue weighted by atomic mass is 9.96. The smallest absolute Gasteiger partial charge is 0.337 e. The number of carbonyl (C=O) groups is 1. The number of aromatic carboxylic acids is 1. The van der Waals surface area contributed by atoms with Gasteiger partial charge in [0.15, 0.2) is 0 Å². The first-order valence-corrected chi connectivity index (χ1v) is 10.4. The average molecular weight is 405 g/mol. The molecule has 3 aromatic rings. The summed E-state index contributed by atoms with van der Waals surface area (Å²) >= 11 is 0. The van der Waals surface area contributed by atoms with E-state index in [0.29, 0.717) is 18.0 Å². The number of carboxylic acid groups (broad SMARTS) is 1. The summed E-state index contributed by atoms with van der Waals surface area (Å²) in [5, 5.41) is 21.0. The molecule has 156 valence electrons. The summed E-state index contributed by atoms with van der Waals surface area (Å²) in [5.74, 6) is -0.846. The van der Waals surface area contributed by atoms with Gasteiger partial charge in [0.25, 0.3) is 0 Å². The van der Waals surface area contributed by atoms with Gasteiger partial charge in [-0.2, -0.15) is 0 Å². The molecule has 30 heavy (non-hydrogen) atoms. The summed E-state index contributed by atoms with van der Waals surface area (Å²) in [6, 6.07) is 12.3. The molecule has 4 rings (SSSR count). The van der Waals surface area contributed by atoms with Crippen molar-refractivity contribution in [3.05, 3.63) is 70.9 Å². The lowest BCUT2D eigenvalue weighted by molar-refractivity contribution is 0.0699. The molecule has 2 N–H and O–H groups in total. The van der Waals surface area contributed by atoms with Crippen molar-refractivity contribution in [3.63, 3.8) is 0 Å². The first-order chi connectivity index (χ1) is 14.3. The number of carboxylic acids is 1. The van der Waals surface area contributed by atoms with Gasteiger partial charge in [-0.05, 0) is 50.5 Å². The third kappa shape index (κ3) is 3.85. The van der Waals surface area contributed by atoms with Crippen LogP contribution in [0.5, 0.6) is 5.75 Å². The van der Waals surface area contributed by atoms with Crippen LogP contribution in [0.4, 0.5) is 0 Å². The standard InChI is InChI=1S/C25H28N2O3/c1-16(2)26-10-8-19(9-11-26)20-12-23-21(13-24(20)28)22(25(29)30)15-27(23)14-18-6-4-17(3)5-7-18/h4-8,12-13,15-16,28H,9-11,14H2,1-3H3,(H,29,30). The Kier molecular flexibility index (Phi) is 5.39. The van der Waals surface area contributed by atoms with Crippen molar-refractivity contribution in [2.24, 2.45) is 0 Å². The van der Waals surface area contributed by atoms with Gasteiger partial charge in [0.1, 0.15) is 5.75 Å². The quantitative estimate of drug-likeness (QED) is 0.635.